The molecule has 1 aromatic carbocycles. The van der Waals surface area contributed by atoms with Gasteiger partial charge in [0.1, 0.15) is 5.82 Å². The summed E-state index contributed by atoms with van der Waals surface area (Å²) in [6.07, 6.45) is 0. The molecular formula is C13H19FN2O2. The van der Waals surface area contributed by atoms with E-state index < -0.39 is 0 Å². The molecule has 0 radical (unpaired) electrons. The number of carbonyl (C=O) groups excluding carboxylic acids is 1. The van der Waals surface area contributed by atoms with Gasteiger partial charge < -0.3 is 10.5 Å². The number of likely N-dealkylation sites (N-methyl/N-ethyl adjacent to an activating group) is 1. The summed E-state index contributed by atoms with van der Waals surface area (Å²) in [6, 6.07) is 4.72. The molecule has 1 rings (SSSR count). The van der Waals surface area contributed by atoms with Crippen LogP contribution in [0.5, 0.6) is 0 Å². The zero-order valence-corrected chi connectivity index (χ0v) is 10.8. The van der Waals surface area contributed by atoms with Crippen LogP contribution in [-0.4, -0.2) is 31.1 Å². The average molecular weight is 254 g/mol. The van der Waals surface area contributed by atoms with Crippen LogP contribution in [0.2, 0.25) is 0 Å². The maximum absolute atomic E-state index is 13.3. The first-order valence-electron chi connectivity index (χ1n) is 5.86. The minimum absolute atomic E-state index is 0.196. The van der Waals surface area contributed by atoms with Crippen molar-refractivity contribution in [3.05, 3.63) is 35.1 Å². The van der Waals surface area contributed by atoms with Gasteiger partial charge in [-0.05, 0) is 29.8 Å². The first kappa shape index (κ1) is 14.6. The van der Waals surface area contributed by atoms with Gasteiger partial charge in [0.05, 0.1) is 13.7 Å². The fraction of sp³-hybridized carbons (Fsp3) is 0.462. The Labute approximate surface area is 107 Å². The van der Waals surface area contributed by atoms with Gasteiger partial charge in [-0.1, -0.05) is 13.0 Å². The van der Waals surface area contributed by atoms with E-state index in [4.69, 9.17) is 5.73 Å². The smallest absolute Gasteiger partial charge is 0.319 e. The molecule has 0 saturated heterocycles. The summed E-state index contributed by atoms with van der Waals surface area (Å²) in [4.78, 5) is 13.1. The predicted molar refractivity (Wildman–Crippen MR) is 67.3 cm³/mol. The van der Waals surface area contributed by atoms with Crippen molar-refractivity contribution in [2.75, 3.05) is 20.2 Å². The summed E-state index contributed by atoms with van der Waals surface area (Å²) < 4.78 is 17.9. The van der Waals surface area contributed by atoms with Crippen molar-refractivity contribution in [2.45, 2.75) is 20.0 Å². The van der Waals surface area contributed by atoms with E-state index in [0.29, 0.717) is 19.6 Å². The van der Waals surface area contributed by atoms with E-state index in [2.05, 4.69) is 4.74 Å². The summed E-state index contributed by atoms with van der Waals surface area (Å²) in [7, 11) is 1.35. The summed E-state index contributed by atoms with van der Waals surface area (Å²) >= 11 is 0. The molecular weight excluding hydrogens is 235 g/mol. The first-order chi connectivity index (χ1) is 8.58. The van der Waals surface area contributed by atoms with E-state index in [1.807, 2.05) is 17.9 Å². The van der Waals surface area contributed by atoms with Crippen molar-refractivity contribution in [3.8, 4) is 0 Å². The lowest BCUT2D eigenvalue weighted by Gasteiger charge is -2.19. The van der Waals surface area contributed by atoms with E-state index >= 15 is 0 Å². The minimum Gasteiger partial charge on any atom is -0.468 e. The standard InChI is InChI=1S/C13H19FN2O2/c1-3-16(9-13(17)18-2)8-11-4-10(7-15)5-12(14)6-11/h4-6H,3,7-9,15H2,1-2H3. The van der Waals surface area contributed by atoms with Crippen LogP contribution >= 0.6 is 0 Å². The van der Waals surface area contributed by atoms with E-state index in [9.17, 15) is 9.18 Å². The molecule has 4 nitrogen and oxygen atoms in total. The molecule has 2 N–H and O–H groups in total. The molecule has 0 spiro atoms. The zero-order valence-electron chi connectivity index (χ0n) is 10.8. The molecule has 0 fully saturated rings. The molecule has 0 atom stereocenters. The highest BCUT2D eigenvalue weighted by molar-refractivity contribution is 5.71. The maximum Gasteiger partial charge on any atom is 0.319 e. The van der Waals surface area contributed by atoms with E-state index in [-0.39, 0.29) is 18.3 Å². The molecule has 0 aliphatic heterocycles. The fourth-order valence-corrected chi connectivity index (χ4v) is 1.71. The van der Waals surface area contributed by atoms with Crippen LogP contribution in [0, 0.1) is 5.82 Å². The average Bonchev–Trinajstić information content (AvgIpc) is 2.36. The van der Waals surface area contributed by atoms with E-state index in [0.717, 1.165) is 11.1 Å². The lowest BCUT2D eigenvalue weighted by molar-refractivity contribution is -0.142. The van der Waals surface area contributed by atoms with E-state index in [1.165, 1.54) is 19.2 Å². The van der Waals surface area contributed by atoms with Gasteiger partial charge >= 0.3 is 5.97 Å². The van der Waals surface area contributed by atoms with Crippen molar-refractivity contribution in [1.29, 1.82) is 0 Å². The Balaban J connectivity index is 2.74. The molecule has 0 amide bonds. The quantitative estimate of drug-likeness (QED) is 0.777. The Morgan fingerprint density at radius 2 is 2.06 bits per heavy atom. The Morgan fingerprint density at radius 1 is 1.39 bits per heavy atom. The Kier molecular flexibility index (Phi) is 5.74. The third-order valence-corrected chi connectivity index (χ3v) is 2.69. The van der Waals surface area contributed by atoms with E-state index in [1.54, 1.807) is 0 Å². The number of rotatable bonds is 6. The molecule has 0 bridgehead atoms. The predicted octanol–water partition coefficient (Wildman–Crippen LogP) is 1.28. The monoisotopic (exact) mass is 254 g/mol. The number of hydrogen-bond donors (Lipinski definition) is 1. The van der Waals surface area contributed by atoms with Gasteiger partial charge in [-0.3, -0.25) is 9.69 Å². The number of nitrogens with two attached hydrogens (primary N) is 1. The van der Waals surface area contributed by atoms with Crippen LogP contribution in [0.1, 0.15) is 18.1 Å². The van der Waals surface area contributed by atoms with Gasteiger partial charge in [-0.25, -0.2) is 4.39 Å². The Bertz CT molecular complexity index is 410. The Morgan fingerprint density at radius 3 is 2.61 bits per heavy atom. The number of carbonyl (C=O) groups is 1. The normalized spacial score (nSPS) is 10.7. The van der Waals surface area contributed by atoms with Crippen molar-refractivity contribution in [2.24, 2.45) is 5.73 Å². The molecule has 0 unspecified atom stereocenters. The lowest BCUT2D eigenvalue weighted by Crippen LogP contribution is -2.30. The molecule has 0 heterocycles. The molecule has 18 heavy (non-hydrogen) atoms. The number of hydrogen-bond acceptors (Lipinski definition) is 4. The van der Waals surface area contributed by atoms with Crippen molar-refractivity contribution < 1.29 is 13.9 Å². The molecule has 0 aliphatic carbocycles. The first-order valence-corrected chi connectivity index (χ1v) is 5.86. The van der Waals surface area contributed by atoms with Crippen molar-refractivity contribution in [3.63, 3.8) is 0 Å². The third-order valence-electron chi connectivity index (χ3n) is 2.69. The van der Waals surface area contributed by atoms with Crippen LogP contribution < -0.4 is 5.73 Å². The highest BCUT2D eigenvalue weighted by Gasteiger charge is 2.10. The van der Waals surface area contributed by atoms with Gasteiger partial charge in [-0.15, -0.1) is 0 Å². The number of ether oxygens (including phenoxy) is 1. The summed E-state index contributed by atoms with van der Waals surface area (Å²) in [5, 5.41) is 0. The van der Waals surface area contributed by atoms with Gasteiger partial charge in [0.15, 0.2) is 0 Å². The van der Waals surface area contributed by atoms with Crippen LogP contribution in [0.25, 0.3) is 0 Å². The second kappa shape index (κ2) is 7.08. The summed E-state index contributed by atoms with van der Waals surface area (Å²) in [5.74, 6) is -0.602. The number of nitrogens with zero attached hydrogens (tertiary/aromatic N) is 1. The van der Waals surface area contributed by atoms with Gasteiger partial charge in [0.2, 0.25) is 0 Å². The second-order valence-electron chi connectivity index (χ2n) is 4.05. The molecule has 0 aliphatic rings. The van der Waals surface area contributed by atoms with Crippen LogP contribution in [0.4, 0.5) is 4.39 Å². The zero-order chi connectivity index (χ0) is 13.5. The largest absolute Gasteiger partial charge is 0.468 e. The molecule has 100 valence electrons. The number of halogens is 1. The van der Waals surface area contributed by atoms with Crippen molar-refractivity contribution >= 4 is 5.97 Å². The lowest BCUT2D eigenvalue weighted by atomic mass is 10.1. The summed E-state index contributed by atoms with van der Waals surface area (Å²) in [5.41, 5.74) is 7.05. The SMILES string of the molecule is CCN(CC(=O)OC)Cc1cc(F)cc(CN)c1. The Hall–Kier alpha value is -1.46. The fourth-order valence-electron chi connectivity index (χ4n) is 1.71. The maximum atomic E-state index is 13.3. The second-order valence-corrected chi connectivity index (χ2v) is 4.05. The number of methoxy groups -OCH3 is 1. The minimum atomic E-state index is -0.304. The number of benzene rings is 1. The van der Waals surface area contributed by atoms with Crippen LogP contribution in [0.15, 0.2) is 18.2 Å². The van der Waals surface area contributed by atoms with Gasteiger partial charge in [-0.2, -0.15) is 0 Å². The molecule has 0 aromatic heterocycles. The highest BCUT2D eigenvalue weighted by atomic mass is 19.1. The van der Waals surface area contributed by atoms with Crippen LogP contribution in [0.3, 0.4) is 0 Å². The molecule has 5 heteroatoms. The summed E-state index contributed by atoms with van der Waals surface area (Å²) in [6.45, 7) is 3.61. The highest BCUT2D eigenvalue weighted by Crippen LogP contribution is 2.11. The molecule has 1 aromatic rings. The third kappa shape index (κ3) is 4.43. The number of esters is 1. The molecule has 0 saturated carbocycles. The van der Waals surface area contributed by atoms with Gasteiger partial charge in [0, 0.05) is 13.1 Å². The van der Waals surface area contributed by atoms with Crippen molar-refractivity contribution in [1.82, 2.24) is 4.90 Å². The van der Waals surface area contributed by atoms with Crippen LogP contribution in [-0.2, 0) is 22.6 Å². The van der Waals surface area contributed by atoms with Gasteiger partial charge in [0.25, 0.3) is 0 Å². The topological polar surface area (TPSA) is 55.6 Å².